The molecule has 1 fully saturated rings. The number of aromatic nitrogens is 1. The highest BCUT2D eigenvalue weighted by Crippen LogP contribution is 2.34. The van der Waals surface area contributed by atoms with Gasteiger partial charge in [0.25, 0.3) is 11.6 Å². The Balaban J connectivity index is 1.77. The van der Waals surface area contributed by atoms with Gasteiger partial charge in [0.05, 0.1) is 21.8 Å². The van der Waals surface area contributed by atoms with E-state index >= 15 is 0 Å². The number of hydrogen-bond acceptors (Lipinski definition) is 5. The van der Waals surface area contributed by atoms with E-state index in [0.717, 1.165) is 16.6 Å². The van der Waals surface area contributed by atoms with Crippen LogP contribution in [0.25, 0.3) is 10.9 Å². The van der Waals surface area contributed by atoms with Gasteiger partial charge in [0.1, 0.15) is 5.56 Å². The zero-order valence-electron chi connectivity index (χ0n) is 16.5. The van der Waals surface area contributed by atoms with Gasteiger partial charge < -0.3 is 10.2 Å². The second kappa shape index (κ2) is 7.43. The monoisotopic (exact) mass is 405 g/mol. The Bertz CT molecular complexity index is 1190. The number of nitrogens with one attached hydrogen (secondary N) is 1. The molecule has 0 radical (unpaired) electrons. The molecule has 2 heterocycles. The summed E-state index contributed by atoms with van der Waals surface area (Å²) in [5.41, 5.74) is 2.20. The third-order valence-electron chi connectivity index (χ3n) is 5.13. The lowest BCUT2D eigenvalue weighted by atomic mass is 10.1. The first kappa shape index (κ1) is 19.3. The highest BCUT2D eigenvalue weighted by atomic mass is 16.6. The van der Waals surface area contributed by atoms with Crippen LogP contribution >= 0.6 is 0 Å². The number of nitro groups is 1. The number of pyridine rings is 1. The highest BCUT2D eigenvalue weighted by Gasteiger charge is 2.29. The fourth-order valence-electron chi connectivity index (χ4n) is 3.64. The Morgan fingerprint density at radius 3 is 2.63 bits per heavy atom. The van der Waals surface area contributed by atoms with Crippen LogP contribution < -0.4 is 10.2 Å². The van der Waals surface area contributed by atoms with E-state index in [4.69, 9.17) is 0 Å². The highest BCUT2D eigenvalue weighted by molar-refractivity contribution is 6.13. The number of anilines is 2. The van der Waals surface area contributed by atoms with E-state index in [1.165, 1.54) is 18.2 Å². The number of amides is 3. The number of aryl methyl sites for hydroxylation is 1. The molecule has 3 amide bonds. The van der Waals surface area contributed by atoms with Crippen molar-refractivity contribution in [2.75, 3.05) is 30.4 Å². The van der Waals surface area contributed by atoms with Crippen LogP contribution in [-0.4, -0.2) is 46.9 Å². The quantitative estimate of drug-likeness (QED) is 0.527. The zero-order chi connectivity index (χ0) is 21.4. The Labute approximate surface area is 172 Å². The van der Waals surface area contributed by atoms with Crippen molar-refractivity contribution in [2.45, 2.75) is 6.92 Å². The molecular weight excluding hydrogens is 386 g/mol. The number of likely N-dealkylation sites (N-methyl/N-ethyl adjacent to an activating group) is 1. The van der Waals surface area contributed by atoms with Crippen LogP contribution in [0, 0.1) is 17.0 Å². The molecule has 3 aromatic rings. The fourth-order valence-corrected chi connectivity index (χ4v) is 3.64. The number of rotatable bonds is 4. The summed E-state index contributed by atoms with van der Waals surface area (Å²) < 4.78 is 0. The minimum absolute atomic E-state index is 0.0387. The maximum Gasteiger partial charge on any atom is 0.324 e. The maximum absolute atomic E-state index is 12.8. The molecule has 0 unspecified atom stereocenters. The molecule has 0 saturated carbocycles. The van der Waals surface area contributed by atoms with E-state index in [1.807, 2.05) is 13.0 Å². The van der Waals surface area contributed by atoms with Crippen molar-refractivity contribution in [3.63, 3.8) is 0 Å². The normalized spacial score (nSPS) is 13.7. The van der Waals surface area contributed by atoms with E-state index < -0.39 is 10.8 Å². The average molecular weight is 405 g/mol. The first-order chi connectivity index (χ1) is 14.4. The van der Waals surface area contributed by atoms with Gasteiger partial charge in [-0.2, -0.15) is 0 Å². The lowest BCUT2D eigenvalue weighted by Crippen LogP contribution is -2.30. The molecule has 0 atom stereocenters. The number of carbonyl (C=O) groups excluding carboxylic acids is 2. The van der Waals surface area contributed by atoms with Crippen molar-refractivity contribution >= 4 is 39.9 Å². The molecule has 0 spiro atoms. The van der Waals surface area contributed by atoms with Crippen LogP contribution in [-0.2, 0) is 0 Å². The van der Waals surface area contributed by atoms with Gasteiger partial charge in [-0.05, 0) is 24.6 Å². The minimum atomic E-state index is -0.601. The molecule has 152 valence electrons. The van der Waals surface area contributed by atoms with Crippen molar-refractivity contribution in [3.8, 4) is 0 Å². The Kier molecular flexibility index (Phi) is 4.78. The molecule has 2 aromatic carbocycles. The molecule has 9 heteroatoms. The van der Waals surface area contributed by atoms with Crippen molar-refractivity contribution < 1.29 is 14.5 Å². The molecule has 4 rings (SSSR count). The summed E-state index contributed by atoms with van der Waals surface area (Å²) in [6.07, 6.45) is 1.66. The third kappa shape index (κ3) is 3.20. The van der Waals surface area contributed by atoms with E-state index in [2.05, 4.69) is 10.3 Å². The number of urea groups is 1. The number of fused-ring (bicyclic) bond motifs is 1. The predicted octanol–water partition coefficient (Wildman–Crippen LogP) is 3.58. The fraction of sp³-hybridized carbons (Fsp3) is 0.190. The van der Waals surface area contributed by atoms with Crippen molar-refractivity contribution in [1.82, 2.24) is 9.88 Å². The molecule has 0 bridgehead atoms. The number of nitrogens with zero attached hydrogens (tertiary/aromatic N) is 4. The van der Waals surface area contributed by atoms with E-state index in [9.17, 15) is 19.7 Å². The van der Waals surface area contributed by atoms with Gasteiger partial charge in [0.15, 0.2) is 0 Å². The van der Waals surface area contributed by atoms with Gasteiger partial charge >= 0.3 is 6.03 Å². The first-order valence-corrected chi connectivity index (χ1v) is 9.34. The van der Waals surface area contributed by atoms with Crippen molar-refractivity contribution in [2.24, 2.45) is 0 Å². The second-order valence-electron chi connectivity index (χ2n) is 7.08. The van der Waals surface area contributed by atoms with Gasteiger partial charge in [0.2, 0.25) is 0 Å². The Morgan fingerprint density at radius 1 is 1.17 bits per heavy atom. The third-order valence-corrected chi connectivity index (χ3v) is 5.13. The van der Waals surface area contributed by atoms with Crippen LogP contribution in [0.4, 0.5) is 21.9 Å². The topological polar surface area (TPSA) is 109 Å². The van der Waals surface area contributed by atoms with Gasteiger partial charge in [-0.25, -0.2) is 4.79 Å². The van der Waals surface area contributed by atoms with Crippen molar-refractivity contribution in [1.29, 1.82) is 0 Å². The van der Waals surface area contributed by atoms with Gasteiger partial charge in [0, 0.05) is 37.8 Å². The van der Waals surface area contributed by atoms with Gasteiger partial charge in [-0.15, -0.1) is 0 Å². The number of para-hydroxylation sites is 2. The Morgan fingerprint density at radius 2 is 1.93 bits per heavy atom. The summed E-state index contributed by atoms with van der Waals surface area (Å²) >= 11 is 0. The van der Waals surface area contributed by atoms with E-state index in [-0.39, 0.29) is 17.3 Å². The summed E-state index contributed by atoms with van der Waals surface area (Å²) in [7, 11) is 1.75. The van der Waals surface area contributed by atoms with Crippen LogP contribution in [0.2, 0.25) is 0 Å². The molecule has 1 aliphatic heterocycles. The molecule has 0 aliphatic carbocycles. The number of hydrogen-bond donors (Lipinski definition) is 1. The van der Waals surface area contributed by atoms with Gasteiger partial charge in [-0.3, -0.25) is 24.8 Å². The van der Waals surface area contributed by atoms with Crippen LogP contribution in [0.5, 0.6) is 0 Å². The number of benzene rings is 2. The predicted molar refractivity (Wildman–Crippen MR) is 113 cm³/mol. The summed E-state index contributed by atoms with van der Waals surface area (Å²) in [5, 5.41) is 14.7. The van der Waals surface area contributed by atoms with Crippen LogP contribution in [0.1, 0.15) is 15.9 Å². The zero-order valence-corrected chi connectivity index (χ0v) is 16.5. The number of nitro benzene ring substituents is 1. The lowest BCUT2D eigenvalue weighted by molar-refractivity contribution is -0.385. The van der Waals surface area contributed by atoms with Crippen LogP contribution in [0.15, 0.2) is 48.7 Å². The van der Waals surface area contributed by atoms with Gasteiger partial charge in [-0.1, -0.05) is 24.3 Å². The largest absolute Gasteiger partial charge is 0.326 e. The van der Waals surface area contributed by atoms with Crippen LogP contribution in [0.3, 0.4) is 0 Å². The van der Waals surface area contributed by atoms with Crippen molar-refractivity contribution in [3.05, 3.63) is 69.9 Å². The summed E-state index contributed by atoms with van der Waals surface area (Å²) in [6, 6.07) is 10.9. The molecular formula is C21H19N5O4. The minimum Gasteiger partial charge on any atom is -0.326 e. The Hall–Kier alpha value is -4.01. The number of carbonyl (C=O) groups is 2. The standard InChI is InChI=1S/C21H19N5O4/c1-13-12-22-18-15(19(13)25-11-10-24(2)21(25)28)7-5-8-16(18)23-20(27)14-6-3-4-9-17(14)26(29)30/h3-9,12H,10-11H2,1-2H3,(H,23,27). The summed E-state index contributed by atoms with van der Waals surface area (Å²) in [6.45, 7) is 3.06. The molecule has 1 N–H and O–H groups in total. The lowest BCUT2D eigenvalue weighted by Gasteiger charge is -2.21. The molecule has 1 aliphatic rings. The molecule has 1 saturated heterocycles. The molecule has 1 aromatic heterocycles. The SMILES string of the molecule is Cc1cnc2c(NC(=O)c3ccccc3[N+](=O)[O-])cccc2c1N1CCN(C)C1=O. The smallest absolute Gasteiger partial charge is 0.324 e. The second-order valence-corrected chi connectivity index (χ2v) is 7.08. The molecule has 9 nitrogen and oxygen atoms in total. The summed E-state index contributed by atoms with van der Waals surface area (Å²) in [4.78, 5) is 43.8. The van der Waals surface area contributed by atoms with E-state index in [1.54, 1.807) is 41.2 Å². The maximum atomic E-state index is 12.8. The van der Waals surface area contributed by atoms with E-state index in [0.29, 0.717) is 24.3 Å². The summed E-state index contributed by atoms with van der Waals surface area (Å²) in [5.74, 6) is -0.601. The average Bonchev–Trinajstić information content (AvgIpc) is 3.06. The first-order valence-electron chi connectivity index (χ1n) is 9.34. The molecule has 30 heavy (non-hydrogen) atoms.